The van der Waals surface area contributed by atoms with Gasteiger partial charge in [-0.15, -0.1) is 0 Å². The molecule has 0 bridgehead atoms. The minimum absolute atomic E-state index is 0.503. The van der Waals surface area contributed by atoms with Gasteiger partial charge in [-0.3, -0.25) is 9.58 Å². The van der Waals surface area contributed by atoms with Crippen molar-refractivity contribution in [3.05, 3.63) is 51.8 Å². The Morgan fingerprint density at radius 3 is 2.41 bits per heavy atom. The van der Waals surface area contributed by atoms with Crippen LogP contribution in [0.4, 0.5) is 0 Å². The van der Waals surface area contributed by atoms with Gasteiger partial charge >= 0.3 is 0 Å². The number of aliphatic hydroxyl groups excluding tert-OH is 1. The lowest BCUT2D eigenvalue weighted by Gasteiger charge is -2.24. The van der Waals surface area contributed by atoms with E-state index in [0.717, 1.165) is 23.4 Å². The Bertz CT molecular complexity index is 622. The lowest BCUT2D eigenvalue weighted by Crippen LogP contribution is -2.28. The fraction of sp³-hybridized carbons (Fsp3) is 0.471. The van der Waals surface area contributed by atoms with Crippen molar-refractivity contribution in [1.82, 2.24) is 14.7 Å². The third-order valence-corrected chi connectivity index (χ3v) is 4.46. The van der Waals surface area contributed by atoms with Crippen molar-refractivity contribution in [2.45, 2.75) is 33.4 Å². The molecule has 0 aliphatic heterocycles. The van der Waals surface area contributed by atoms with Gasteiger partial charge < -0.3 is 5.11 Å². The van der Waals surface area contributed by atoms with Crippen LogP contribution in [0.1, 0.15) is 35.4 Å². The lowest BCUT2D eigenvalue weighted by molar-refractivity contribution is 0.112. The molecule has 22 heavy (non-hydrogen) atoms. The molecule has 1 atom stereocenters. The highest BCUT2D eigenvalue weighted by atomic mass is 35.5. The third kappa shape index (κ3) is 3.88. The maximum atomic E-state index is 10.4. The number of hydrogen-bond donors (Lipinski definition) is 1. The number of benzene rings is 1. The van der Waals surface area contributed by atoms with Crippen molar-refractivity contribution in [2.75, 3.05) is 13.1 Å². The minimum atomic E-state index is -0.503. The predicted octanol–water partition coefficient (Wildman–Crippen LogP) is 3.25. The second-order valence-corrected chi connectivity index (χ2v) is 6.09. The maximum Gasteiger partial charge on any atom is 0.131 e. The molecule has 4 nitrogen and oxygen atoms in total. The van der Waals surface area contributed by atoms with Gasteiger partial charge in [-0.1, -0.05) is 48.4 Å². The van der Waals surface area contributed by atoms with E-state index in [4.69, 9.17) is 11.6 Å². The summed E-state index contributed by atoms with van der Waals surface area (Å²) >= 11 is 6.30. The molecule has 1 N–H and O–H groups in total. The van der Waals surface area contributed by atoms with Crippen LogP contribution in [-0.4, -0.2) is 32.9 Å². The van der Waals surface area contributed by atoms with Gasteiger partial charge in [0.25, 0.3) is 0 Å². The molecule has 2 aromatic rings. The van der Waals surface area contributed by atoms with Crippen LogP contribution in [0, 0.1) is 13.8 Å². The van der Waals surface area contributed by atoms with Crippen molar-refractivity contribution < 1.29 is 5.11 Å². The molecule has 0 saturated heterocycles. The Labute approximate surface area is 137 Å². The summed E-state index contributed by atoms with van der Waals surface area (Å²) in [7, 11) is 1.84. The van der Waals surface area contributed by atoms with Crippen molar-refractivity contribution >= 4 is 11.6 Å². The lowest BCUT2D eigenvalue weighted by atomic mass is 10.1. The number of aryl methyl sites for hydroxylation is 3. The average Bonchev–Trinajstić information content (AvgIpc) is 2.73. The first-order chi connectivity index (χ1) is 10.4. The van der Waals surface area contributed by atoms with E-state index in [9.17, 15) is 5.11 Å². The van der Waals surface area contributed by atoms with E-state index in [1.165, 1.54) is 5.56 Å². The molecule has 1 aromatic carbocycles. The van der Waals surface area contributed by atoms with Gasteiger partial charge in [-0.2, -0.15) is 5.10 Å². The summed E-state index contributed by atoms with van der Waals surface area (Å²) in [4.78, 5) is 2.18. The second-order valence-electron chi connectivity index (χ2n) is 5.73. The zero-order chi connectivity index (χ0) is 16.3. The topological polar surface area (TPSA) is 41.3 Å². The zero-order valence-corrected chi connectivity index (χ0v) is 14.4. The van der Waals surface area contributed by atoms with Crippen molar-refractivity contribution in [3.63, 3.8) is 0 Å². The highest BCUT2D eigenvalue weighted by molar-refractivity contribution is 6.30. The average molecular weight is 322 g/mol. The van der Waals surface area contributed by atoms with Gasteiger partial charge in [-0.05, 0) is 26.0 Å². The Balaban J connectivity index is 2.07. The highest BCUT2D eigenvalue weighted by Crippen LogP contribution is 2.22. The number of hydrogen-bond acceptors (Lipinski definition) is 3. The molecular weight excluding hydrogens is 298 g/mol. The summed E-state index contributed by atoms with van der Waals surface area (Å²) < 4.78 is 1.69. The molecule has 0 radical (unpaired) electrons. The number of nitrogens with zero attached hydrogens (tertiary/aromatic N) is 3. The number of aliphatic hydroxyl groups is 1. The molecule has 0 aliphatic carbocycles. The molecule has 0 fully saturated rings. The highest BCUT2D eigenvalue weighted by Gasteiger charge is 2.17. The van der Waals surface area contributed by atoms with Crippen molar-refractivity contribution in [1.29, 1.82) is 0 Å². The van der Waals surface area contributed by atoms with Crippen molar-refractivity contribution in [2.24, 2.45) is 7.05 Å². The van der Waals surface area contributed by atoms with E-state index in [2.05, 4.69) is 16.9 Å². The number of rotatable bonds is 6. The van der Waals surface area contributed by atoms with Crippen LogP contribution in [0.15, 0.2) is 24.3 Å². The molecule has 1 aromatic heterocycles. The molecule has 5 heteroatoms. The van der Waals surface area contributed by atoms with Crippen LogP contribution in [0.3, 0.4) is 0 Å². The van der Waals surface area contributed by atoms with Gasteiger partial charge in [0.1, 0.15) is 5.15 Å². The first-order valence-corrected chi connectivity index (χ1v) is 7.95. The van der Waals surface area contributed by atoms with Gasteiger partial charge in [0.15, 0.2) is 0 Å². The largest absolute Gasteiger partial charge is 0.387 e. The minimum Gasteiger partial charge on any atom is -0.387 e. The van der Waals surface area contributed by atoms with Gasteiger partial charge in [0.05, 0.1) is 11.8 Å². The van der Waals surface area contributed by atoms with Gasteiger partial charge in [-0.25, -0.2) is 0 Å². The Hall–Kier alpha value is -1.36. The third-order valence-electron chi connectivity index (χ3n) is 3.99. The molecule has 1 unspecified atom stereocenters. The predicted molar refractivity (Wildman–Crippen MR) is 90.0 cm³/mol. The molecule has 120 valence electrons. The fourth-order valence-corrected chi connectivity index (χ4v) is 2.76. The van der Waals surface area contributed by atoms with Crippen LogP contribution in [0.5, 0.6) is 0 Å². The van der Waals surface area contributed by atoms with Crippen molar-refractivity contribution in [3.8, 4) is 0 Å². The standard InChI is InChI=1S/C17H24ClN3O/c1-5-21(10-15-13(3)19-20(4)17(15)18)11-16(22)14-8-6-12(2)7-9-14/h6-9,16,22H,5,10-11H2,1-4H3. The molecule has 0 amide bonds. The SMILES string of the molecule is CCN(Cc1c(C)nn(C)c1Cl)CC(O)c1ccc(C)cc1. The van der Waals surface area contributed by atoms with E-state index in [1.54, 1.807) is 4.68 Å². The molecule has 1 heterocycles. The first kappa shape index (κ1) is 17.0. The number of halogens is 1. The normalized spacial score (nSPS) is 12.9. The number of aromatic nitrogens is 2. The first-order valence-electron chi connectivity index (χ1n) is 7.57. The summed E-state index contributed by atoms with van der Waals surface area (Å²) in [6, 6.07) is 8.01. The molecular formula is C17H24ClN3O. The number of likely N-dealkylation sites (N-methyl/N-ethyl adjacent to an activating group) is 1. The van der Waals surface area contributed by atoms with E-state index < -0.39 is 6.10 Å². The monoisotopic (exact) mass is 321 g/mol. The summed E-state index contributed by atoms with van der Waals surface area (Å²) in [5.74, 6) is 0. The maximum absolute atomic E-state index is 10.4. The quantitative estimate of drug-likeness (QED) is 0.888. The summed E-state index contributed by atoms with van der Waals surface area (Å²) in [6.07, 6.45) is -0.503. The smallest absolute Gasteiger partial charge is 0.131 e. The van der Waals surface area contributed by atoms with Crippen LogP contribution in [0.25, 0.3) is 0 Å². The van der Waals surface area contributed by atoms with E-state index in [-0.39, 0.29) is 0 Å². The van der Waals surface area contributed by atoms with E-state index >= 15 is 0 Å². The van der Waals surface area contributed by atoms with Gasteiger partial charge in [0, 0.05) is 25.7 Å². The molecule has 2 rings (SSSR count). The van der Waals surface area contributed by atoms with Crippen LogP contribution < -0.4 is 0 Å². The van der Waals surface area contributed by atoms with Crippen LogP contribution in [0.2, 0.25) is 5.15 Å². The Morgan fingerprint density at radius 1 is 1.27 bits per heavy atom. The molecule has 0 aliphatic rings. The summed E-state index contributed by atoms with van der Waals surface area (Å²) in [5.41, 5.74) is 4.11. The molecule has 0 spiro atoms. The second kappa shape index (κ2) is 7.27. The molecule has 0 saturated carbocycles. The van der Waals surface area contributed by atoms with Crippen LogP contribution >= 0.6 is 11.6 Å². The van der Waals surface area contributed by atoms with Crippen LogP contribution in [-0.2, 0) is 13.6 Å². The summed E-state index contributed by atoms with van der Waals surface area (Å²) in [6.45, 7) is 8.20. The Morgan fingerprint density at radius 2 is 1.91 bits per heavy atom. The summed E-state index contributed by atoms with van der Waals surface area (Å²) in [5, 5.41) is 15.4. The van der Waals surface area contributed by atoms with E-state index in [1.807, 2.05) is 45.2 Å². The Kier molecular flexibility index (Phi) is 5.62. The van der Waals surface area contributed by atoms with Gasteiger partial charge in [0.2, 0.25) is 0 Å². The fourth-order valence-electron chi connectivity index (χ4n) is 2.52. The van der Waals surface area contributed by atoms with E-state index in [0.29, 0.717) is 18.2 Å². The zero-order valence-electron chi connectivity index (χ0n) is 13.7.